The molecule has 1 unspecified atom stereocenters. The van der Waals surface area contributed by atoms with E-state index in [1.807, 2.05) is 19.2 Å². The molecule has 1 aliphatic rings. The van der Waals surface area contributed by atoms with E-state index in [4.69, 9.17) is 4.74 Å². The van der Waals surface area contributed by atoms with Gasteiger partial charge in [0.05, 0.1) is 6.61 Å². The first-order chi connectivity index (χ1) is 7.31. The summed E-state index contributed by atoms with van der Waals surface area (Å²) in [6.45, 7) is 2.61. The molecule has 1 atom stereocenters. The van der Waals surface area contributed by atoms with Gasteiger partial charge in [-0.3, -0.25) is 9.78 Å². The maximum Gasteiger partial charge on any atom is 0.133 e. The summed E-state index contributed by atoms with van der Waals surface area (Å²) in [6.07, 6.45) is 5.83. The van der Waals surface area contributed by atoms with Crippen molar-refractivity contribution < 1.29 is 9.53 Å². The molecule has 15 heavy (non-hydrogen) atoms. The maximum absolute atomic E-state index is 11.2. The van der Waals surface area contributed by atoms with Crippen molar-refractivity contribution in [2.45, 2.75) is 32.1 Å². The summed E-state index contributed by atoms with van der Waals surface area (Å²) in [5, 5.41) is 0. The van der Waals surface area contributed by atoms with Gasteiger partial charge in [-0.05, 0) is 25.3 Å². The number of ketones is 1. The zero-order chi connectivity index (χ0) is 10.7. The Hall–Kier alpha value is -1.38. The van der Waals surface area contributed by atoms with E-state index in [0.717, 1.165) is 17.7 Å². The first-order valence-corrected chi connectivity index (χ1v) is 5.39. The van der Waals surface area contributed by atoms with E-state index in [1.54, 1.807) is 6.20 Å². The Morgan fingerprint density at radius 1 is 1.60 bits per heavy atom. The lowest BCUT2D eigenvalue weighted by Gasteiger charge is -2.13. The molecule has 0 radical (unpaired) electrons. The summed E-state index contributed by atoms with van der Waals surface area (Å²) in [4.78, 5) is 15.3. The highest BCUT2D eigenvalue weighted by molar-refractivity contribution is 5.81. The molecule has 1 fully saturated rings. The van der Waals surface area contributed by atoms with Gasteiger partial charge < -0.3 is 4.74 Å². The second-order valence-electron chi connectivity index (χ2n) is 3.82. The number of pyridine rings is 1. The molecule has 2 rings (SSSR count). The van der Waals surface area contributed by atoms with Gasteiger partial charge in [0.1, 0.15) is 11.5 Å². The van der Waals surface area contributed by atoms with Crippen LogP contribution in [-0.4, -0.2) is 17.4 Å². The SMILES string of the molecule is CCOc1ccncc1C1CCC(=O)C1. The van der Waals surface area contributed by atoms with Crippen LogP contribution in [0.4, 0.5) is 0 Å². The maximum atomic E-state index is 11.2. The number of carbonyl (C=O) groups excluding carboxylic acids is 1. The molecule has 0 amide bonds. The van der Waals surface area contributed by atoms with Crippen molar-refractivity contribution >= 4 is 5.78 Å². The number of rotatable bonds is 3. The van der Waals surface area contributed by atoms with Crippen molar-refractivity contribution in [2.24, 2.45) is 0 Å². The molecular formula is C12H15NO2. The largest absolute Gasteiger partial charge is 0.493 e. The minimum atomic E-state index is 0.313. The Bertz CT molecular complexity index is 362. The van der Waals surface area contributed by atoms with Gasteiger partial charge >= 0.3 is 0 Å². The Labute approximate surface area is 89.5 Å². The molecule has 0 N–H and O–H groups in total. The van der Waals surface area contributed by atoms with Gasteiger partial charge in [0, 0.05) is 30.8 Å². The van der Waals surface area contributed by atoms with Crippen LogP contribution in [0.2, 0.25) is 0 Å². The predicted octanol–water partition coefficient (Wildman–Crippen LogP) is 2.32. The average Bonchev–Trinajstić information content (AvgIpc) is 2.66. The highest BCUT2D eigenvalue weighted by Gasteiger charge is 2.26. The third kappa shape index (κ3) is 2.17. The topological polar surface area (TPSA) is 39.2 Å². The highest BCUT2D eigenvalue weighted by Crippen LogP contribution is 2.36. The molecule has 80 valence electrons. The monoisotopic (exact) mass is 205 g/mol. The molecule has 0 bridgehead atoms. The summed E-state index contributed by atoms with van der Waals surface area (Å²) in [5.41, 5.74) is 1.09. The lowest BCUT2D eigenvalue weighted by Crippen LogP contribution is -2.01. The Kier molecular flexibility index (Phi) is 2.99. The van der Waals surface area contributed by atoms with E-state index in [-0.39, 0.29) is 0 Å². The lowest BCUT2D eigenvalue weighted by atomic mass is 9.99. The van der Waals surface area contributed by atoms with Crippen LogP contribution < -0.4 is 4.74 Å². The van der Waals surface area contributed by atoms with Crippen LogP contribution in [-0.2, 0) is 4.79 Å². The molecule has 1 aromatic heterocycles. The van der Waals surface area contributed by atoms with Crippen LogP contribution in [0.3, 0.4) is 0 Å². The Morgan fingerprint density at radius 2 is 2.47 bits per heavy atom. The summed E-state index contributed by atoms with van der Waals surface area (Å²) >= 11 is 0. The van der Waals surface area contributed by atoms with Crippen LogP contribution in [0.5, 0.6) is 5.75 Å². The van der Waals surface area contributed by atoms with Crippen LogP contribution in [0.25, 0.3) is 0 Å². The minimum Gasteiger partial charge on any atom is -0.493 e. The normalized spacial score (nSPS) is 20.6. The van der Waals surface area contributed by atoms with Gasteiger partial charge in [0.25, 0.3) is 0 Å². The zero-order valence-corrected chi connectivity index (χ0v) is 8.90. The molecular weight excluding hydrogens is 190 g/mol. The second kappa shape index (κ2) is 4.43. The third-order valence-electron chi connectivity index (χ3n) is 2.80. The Balaban J connectivity index is 2.22. The third-order valence-corrected chi connectivity index (χ3v) is 2.80. The second-order valence-corrected chi connectivity index (χ2v) is 3.82. The number of ether oxygens (including phenoxy) is 1. The van der Waals surface area contributed by atoms with Gasteiger partial charge in [-0.1, -0.05) is 0 Å². The van der Waals surface area contributed by atoms with Crippen molar-refractivity contribution in [3.63, 3.8) is 0 Å². The first-order valence-electron chi connectivity index (χ1n) is 5.39. The van der Waals surface area contributed by atoms with Crippen LogP contribution >= 0.6 is 0 Å². The molecule has 0 spiro atoms. The van der Waals surface area contributed by atoms with E-state index in [1.165, 1.54) is 0 Å². The fourth-order valence-corrected chi connectivity index (χ4v) is 2.07. The summed E-state index contributed by atoms with van der Waals surface area (Å²) in [6, 6.07) is 1.88. The Morgan fingerprint density at radius 3 is 3.13 bits per heavy atom. The van der Waals surface area contributed by atoms with E-state index < -0.39 is 0 Å². The van der Waals surface area contributed by atoms with E-state index in [0.29, 0.717) is 31.1 Å². The molecule has 1 aliphatic carbocycles. The highest BCUT2D eigenvalue weighted by atomic mass is 16.5. The summed E-state index contributed by atoms with van der Waals surface area (Å²) < 4.78 is 5.53. The molecule has 0 aliphatic heterocycles. The fourth-order valence-electron chi connectivity index (χ4n) is 2.07. The van der Waals surface area contributed by atoms with Gasteiger partial charge in [-0.15, -0.1) is 0 Å². The van der Waals surface area contributed by atoms with Crippen LogP contribution in [0.15, 0.2) is 18.5 Å². The van der Waals surface area contributed by atoms with Crippen molar-refractivity contribution in [3.8, 4) is 5.75 Å². The first kappa shape index (κ1) is 10.1. The predicted molar refractivity (Wildman–Crippen MR) is 57.0 cm³/mol. The smallest absolute Gasteiger partial charge is 0.133 e. The van der Waals surface area contributed by atoms with E-state index in [9.17, 15) is 4.79 Å². The van der Waals surface area contributed by atoms with Gasteiger partial charge in [-0.2, -0.15) is 0 Å². The number of aromatic nitrogens is 1. The molecule has 3 heteroatoms. The van der Waals surface area contributed by atoms with Gasteiger partial charge in [-0.25, -0.2) is 0 Å². The molecule has 1 saturated carbocycles. The standard InChI is InChI=1S/C12H15NO2/c1-2-15-12-5-6-13-8-11(12)9-3-4-10(14)7-9/h5-6,8-9H,2-4,7H2,1H3. The molecule has 3 nitrogen and oxygen atoms in total. The number of Topliss-reactive ketones (excluding diaryl/α,β-unsaturated/α-hetero) is 1. The van der Waals surface area contributed by atoms with E-state index in [2.05, 4.69) is 4.98 Å². The molecule has 0 saturated heterocycles. The number of hydrogen-bond donors (Lipinski definition) is 0. The van der Waals surface area contributed by atoms with Crippen LogP contribution in [0, 0.1) is 0 Å². The van der Waals surface area contributed by atoms with Crippen molar-refractivity contribution in [1.29, 1.82) is 0 Å². The molecule has 1 heterocycles. The number of nitrogens with zero attached hydrogens (tertiary/aromatic N) is 1. The molecule has 0 aromatic carbocycles. The lowest BCUT2D eigenvalue weighted by molar-refractivity contribution is -0.117. The van der Waals surface area contributed by atoms with Crippen molar-refractivity contribution in [2.75, 3.05) is 6.61 Å². The summed E-state index contributed by atoms with van der Waals surface area (Å²) in [7, 11) is 0. The number of hydrogen-bond acceptors (Lipinski definition) is 3. The number of carbonyl (C=O) groups is 1. The zero-order valence-electron chi connectivity index (χ0n) is 8.90. The molecule has 1 aromatic rings. The minimum absolute atomic E-state index is 0.313. The van der Waals surface area contributed by atoms with Crippen molar-refractivity contribution in [3.05, 3.63) is 24.0 Å². The van der Waals surface area contributed by atoms with Crippen LogP contribution in [0.1, 0.15) is 37.7 Å². The summed E-state index contributed by atoms with van der Waals surface area (Å²) in [5.74, 6) is 1.55. The quantitative estimate of drug-likeness (QED) is 0.760. The van der Waals surface area contributed by atoms with Crippen molar-refractivity contribution in [1.82, 2.24) is 4.98 Å². The fraction of sp³-hybridized carbons (Fsp3) is 0.500. The van der Waals surface area contributed by atoms with Gasteiger partial charge in [0.2, 0.25) is 0 Å². The van der Waals surface area contributed by atoms with E-state index >= 15 is 0 Å². The average molecular weight is 205 g/mol. The van der Waals surface area contributed by atoms with Gasteiger partial charge in [0.15, 0.2) is 0 Å².